The summed E-state index contributed by atoms with van der Waals surface area (Å²) in [6, 6.07) is 6.08. The molecule has 0 spiro atoms. The molecule has 0 bridgehead atoms. The van der Waals surface area contributed by atoms with Crippen LogP contribution in [0.2, 0.25) is 0 Å². The van der Waals surface area contributed by atoms with E-state index >= 15 is 0 Å². The number of aliphatic hydroxyl groups excluding tert-OH is 1. The molecule has 0 amide bonds. The van der Waals surface area contributed by atoms with Crippen LogP contribution in [-0.2, 0) is 0 Å². The van der Waals surface area contributed by atoms with Crippen molar-refractivity contribution in [1.82, 2.24) is 4.90 Å². The molecule has 3 nitrogen and oxygen atoms in total. The van der Waals surface area contributed by atoms with Crippen molar-refractivity contribution in [2.45, 2.75) is 45.6 Å². The molecular formula is C17H27NO2. The molecule has 3 heteroatoms. The molecule has 1 unspecified atom stereocenters. The van der Waals surface area contributed by atoms with E-state index in [1.807, 2.05) is 12.1 Å². The van der Waals surface area contributed by atoms with Gasteiger partial charge < -0.3 is 14.7 Å². The molecule has 0 aromatic heterocycles. The molecule has 0 saturated carbocycles. The lowest BCUT2D eigenvalue weighted by Gasteiger charge is -2.20. The van der Waals surface area contributed by atoms with Gasteiger partial charge >= 0.3 is 0 Å². The number of ether oxygens (including phenoxy) is 1. The minimum absolute atomic E-state index is 0.428. The Kier molecular flexibility index (Phi) is 5.86. The smallest absolute Gasteiger partial charge is 0.125 e. The third kappa shape index (κ3) is 4.22. The van der Waals surface area contributed by atoms with E-state index < -0.39 is 6.10 Å². The lowest BCUT2D eigenvalue weighted by atomic mass is 10.0. The fraction of sp³-hybridized carbons (Fsp3) is 0.647. The highest BCUT2D eigenvalue weighted by Gasteiger charge is 2.17. The number of aryl methyl sites for hydroxylation is 1. The Labute approximate surface area is 122 Å². The van der Waals surface area contributed by atoms with E-state index in [9.17, 15) is 5.11 Å². The highest BCUT2D eigenvalue weighted by atomic mass is 16.5. The van der Waals surface area contributed by atoms with Gasteiger partial charge in [-0.2, -0.15) is 0 Å². The Morgan fingerprint density at radius 1 is 1.30 bits per heavy atom. The van der Waals surface area contributed by atoms with Crippen LogP contribution in [0.3, 0.4) is 0 Å². The maximum absolute atomic E-state index is 10.5. The first-order valence-corrected chi connectivity index (χ1v) is 7.84. The van der Waals surface area contributed by atoms with Crippen LogP contribution in [0.15, 0.2) is 18.2 Å². The van der Waals surface area contributed by atoms with Crippen LogP contribution in [-0.4, -0.2) is 36.2 Å². The summed E-state index contributed by atoms with van der Waals surface area (Å²) < 4.78 is 5.76. The van der Waals surface area contributed by atoms with E-state index in [1.165, 1.54) is 31.5 Å². The van der Waals surface area contributed by atoms with Crippen LogP contribution in [0.1, 0.15) is 49.8 Å². The zero-order valence-corrected chi connectivity index (χ0v) is 12.8. The quantitative estimate of drug-likeness (QED) is 0.830. The van der Waals surface area contributed by atoms with Crippen molar-refractivity contribution < 1.29 is 9.84 Å². The van der Waals surface area contributed by atoms with Gasteiger partial charge in [0.05, 0.1) is 12.7 Å². The van der Waals surface area contributed by atoms with Crippen LogP contribution in [0.25, 0.3) is 0 Å². The number of hydrogen-bond donors (Lipinski definition) is 1. The predicted octanol–water partition coefficient (Wildman–Crippen LogP) is 3.30. The maximum Gasteiger partial charge on any atom is 0.125 e. The predicted molar refractivity (Wildman–Crippen MR) is 82.2 cm³/mol. The third-order valence-corrected chi connectivity index (χ3v) is 3.90. The van der Waals surface area contributed by atoms with Gasteiger partial charge in [0.1, 0.15) is 5.75 Å². The van der Waals surface area contributed by atoms with Crippen LogP contribution in [0.4, 0.5) is 0 Å². The summed E-state index contributed by atoms with van der Waals surface area (Å²) in [5, 5.41) is 10.5. The van der Waals surface area contributed by atoms with Crippen molar-refractivity contribution in [3.63, 3.8) is 0 Å². The Hall–Kier alpha value is -1.06. The van der Waals surface area contributed by atoms with Crippen LogP contribution in [0.5, 0.6) is 5.75 Å². The average molecular weight is 277 g/mol. The Morgan fingerprint density at radius 2 is 2.05 bits per heavy atom. The molecule has 1 aromatic rings. The summed E-state index contributed by atoms with van der Waals surface area (Å²) in [5.74, 6) is 0.839. The minimum Gasteiger partial charge on any atom is -0.493 e. The molecule has 1 fully saturated rings. The lowest BCUT2D eigenvalue weighted by Crippen LogP contribution is -2.22. The van der Waals surface area contributed by atoms with Gasteiger partial charge in [-0.25, -0.2) is 0 Å². The standard InChI is InChI=1S/C17H27NO2/c1-3-12-20-17-7-6-14(2)13-15(17)16(19)8-11-18-9-4-5-10-18/h6-7,13,16,19H,3-5,8-12H2,1-2H3. The summed E-state index contributed by atoms with van der Waals surface area (Å²) in [4.78, 5) is 2.44. The highest BCUT2D eigenvalue weighted by molar-refractivity contribution is 5.38. The van der Waals surface area contributed by atoms with E-state index in [0.717, 1.165) is 30.7 Å². The van der Waals surface area contributed by atoms with Gasteiger partial charge in [-0.1, -0.05) is 18.6 Å². The second-order valence-electron chi connectivity index (χ2n) is 5.74. The zero-order valence-electron chi connectivity index (χ0n) is 12.8. The Balaban J connectivity index is 1.98. The molecule has 2 rings (SSSR count). The van der Waals surface area contributed by atoms with E-state index in [0.29, 0.717) is 6.61 Å². The molecule has 1 aliphatic rings. The normalized spacial score (nSPS) is 17.4. The van der Waals surface area contributed by atoms with Gasteiger partial charge in [0.2, 0.25) is 0 Å². The van der Waals surface area contributed by atoms with E-state index in [1.54, 1.807) is 0 Å². The van der Waals surface area contributed by atoms with Crippen LogP contribution < -0.4 is 4.74 Å². The summed E-state index contributed by atoms with van der Waals surface area (Å²) in [7, 11) is 0. The topological polar surface area (TPSA) is 32.7 Å². The molecular weight excluding hydrogens is 250 g/mol. The van der Waals surface area contributed by atoms with Crippen molar-refractivity contribution in [3.8, 4) is 5.75 Å². The number of aliphatic hydroxyl groups is 1. The molecule has 112 valence electrons. The molecule has 1 N–H and O–H groups in total. The number of nitrogens with zero attached hydrogens (tertiary/aromatic N) is 1. The minimum atomic E-state index is -0.428. The fourth-order valence-electron chi connectivity index (χ4n) is 2.74. The summed E-state index contributed by atoms with van der Waals surface area (Å²) in [6.45, 7) is 8.19. The molecule has 0 radical (unpaired) electrons. The molecule has 1 heterocycles. The van der Waals surface area contributed by atoms with Gasteiger partial charge in [0.25, 0.3) is 0 Å². The SMILES string of the molecule is CCCOc1ccc(C)cc1C(O)CCN1CCCC1. The summed E-state index contributed by atoms with van der Waals surface area (Å²) in [6.07, 6.45) is 3.93. The number of benzene rings is 1. The summed E-state index contributed by atoms with van der Waals surface area (Å²) in [5.41, 5.74) is 2.11. The second kappa shape index (κ2) is 7.65. The van der Waals surface area contributed by atoms with Crippen molar-refractivity contribution in [3.05, 3.63) is 29.3 Å². The van der Waals surface area contributed by atoms with Gasteiger partial charge in [-0.05, 0) is 57.8 Å². The third-order valence-electron chi connectivity index (χ3n) is 3.90. The van der Waals surface area contributed by atoms with Gasteiger partial charge in [-0.3, -0.25) is 0 Å². The molecule has 1 atom stereocenters. The van der Waals surface area contributed by atoms with Crippen LogP contribution >= 0.6 is 0 Å². The van der Waals surface area contributed by atoms with Gasteiger partial charge in [-0.15, -0.1) is 0 Å². The number of rotatable bonds is 7. The monoisotopic (exact) mass is 277 g/mol. The molecule has 0 aliphatic carbocycles. The first-order chi connectivity index (χ1) is 9.70. The summed E-state index contributed by atoms with van der Waals surface area (Å²) >= 11 is 0. The zero-order chi connectivity index (χ0) is 14.4. The number of hydrogen-bond acceptors (Lipinski definition) is 3. The maximum atomic E-state index is 10.5. The van der Waals surface area contributed by atoms with Crippen molar-refractivity contribution in [1.29, 1.82) is 0 Å². The Bertz CT molecular complexity index is 413. The Morgan fingerprint density at radius 3 is 2.75 bits per heavy atom. The van der Waals surface area contributed by atoms with E-state index in [4.69, 9.17) is 4.74 Å². The van der Waals surface area contributed by atoms with E-state index in [-0.39, 0.29) is 0 Å². The fourth-order valence-corrected chi connectivity index (χ4v) is 2.74. The molecule has 1 saturated heterocycles. The largest absolute Gasteiger partial charge is 0.493 e. The molecule has 1 aromatic carbocycles. The van der Waals surface area contributed by atoms with Crippen molar-refractivity contribution in [2.24, 2.45) is 0 Å². The first-order valence-electron chi connectivity index (χ1n) is 7.84. The van der Waals surface area contributed by atoms with E-state index in [2.05, 4.69) is 24.8 Å². The van der Waals surface area contributed by atoms with Crippen molar-refractivity contribution >= 4 is 0 Å². The van der Waals surface area contributed by atoms with Gasteiger partial charge in [0, 0.05) is 12.1 Å². The first kappa shape index (κ1) is 15.3. The molecule has 20 heavy (non-hydrogen) atoms. The van der Waals surface area contributed by atoms with Gasteiger partial charge in [0.15, 0.2) is 0 Å². The van der Waals surface area contributed by atoms with Crippen LogP contribution in [0, 0.1) is 6.92 Å². The highest BCUT2D eigenvalue weighted by Crippen LogP contribution is 2.29. The lowest BCUT2D eigenvalue weighted by molar-refractivity contribution is 0.144. The molecule has 1 aliphatic heterocycles. The number of likely N-dealkylation sites (tertiary alicyclic amines) is 1. The average Bonchev–Trinajstić information content (AvgIpc) is 2.96. The second-order valence-corrected chi connectivity index (χ2v) is 5.74. The van der Waals surface area contributed by atoms with Crippen molar-refractivity contribution in [2.75, 3.05) is 26.2 Å².